The van der Waals surface area contributed by atoms with Crippen LogP contribution in [0, 0.1) is 0 Å². The molecule has 2 aromatic rings. The summed E-state index contributed by atoms with van der Waals surface area (Å²) in [7, 11) is 0. The third kappa shape index (κ3) is 3.09. The van der Waals surface area contributed by atoms with Gasteiger partial charge in [0.2, 0.25) is 0 Å². The molecule has 0 atom stereocenters. The van der Waals surface area contributed by atoms with Gasteiger partial charge in [-0.3, -0.25) is 0 Å². The minimum absolute atomic E-state index is 1.03. The summed E-state index contributed by atoms with van der Waals surface area (Å²) < 4.78 is 3.15. The van der Waals surface area contributed by atoms with Gasteiger partial charge in [0.1, 0.15) is 0 Å². The molecule has 82 valence electrons. The van der Waals surface area contributed by atoms with Crippen LogP contribution < -0.4 is 5.32 Å². The first-order chi connectivity index (χ1) is 7.65. The van der Waals surface area contributed by atoms with Crippen molar-refractivity contribution < 1.29 is 0 Å². The van der Waals surface area contributed by atoms with Crippen molar-refractivity contribution in [1.29, 1.82) is 0 Å². The zero-order valence-corrected chi connectivity index (χ0v) is 12.9. The number of hydrogen-bond acceptors (Lipinski definition) is 1. The Hall–Kier alpha value is -0.320. The lowest BCUT2D eigenvalue weighted by Gasteiger charge is -2.09. The van der Waals surface area contributed by atoms with Gasteiger partial charge in [-0.2, -0.15) is 0 Å². The van der Waals surface area contributed by atoms with E-state index in [1.54, 1.807) is 0 Å². The van der Waals surface area contributed by atoms with Crippen molar-refractivity contribution in [1.82, 2.24) is 0 Å². The van der Waals surface area contributed by atoms with Gasteiger partial charge in [-0.05, 0) is 52.3 Å². The smallest absolute Gasteiger partial charge is 0.0539 e. The first-order valence-electron chi connectivity index (χ1n) is 4.63. The summed E-state index contributed by atoms with van der Waals surface area (Å²) in [6.45, 7) is 0. The van der Waals surface area contributed by atoms with Crippen LogP contribution in [0.15, 0.2) is 55.9 Å². The van der Waals surface area contributed by atoms with Crippen molar-refractivity contribution in [3.63, 3.8) is 0 Å². The molecule has 0 spiro atoms. The van der Waals surface area contributed by atoms with E-state index in [2.05, 4.69) is 53.1 Å². The average molecular weight is 406 g/mol. The molecule has 0 aromatic heterocycles. The molecule has 0 aliphatic carbocycles. The highest BCUT2D eigenvalue weighted by Gasteiger charge is 2.01. The van der Waals surface area contributed by atoms with Gasteiger partial charge in [-0.25, -0.2) is 0 Å². The normalized spacial score (nSPS) is 10.2. The van der Waals surface area contributed by atoms with Gasteiger partial charge >= 0.3 is 0 Å². The molecular weight excluding hydrogens is 398 g/mol. The lowest BCUT2D eigenvalue weighted by molar-refractivity contribution is 1.50. The molecule has 0 saturated carbocycles. The van der Waals surface area contributed by atoms with E-state index in [0.29, 0.717) is 0 Å². The zero-order valence-electron chi connectivity index (χ0n) is 8.18. The highest BCUT2D eigenvalue weighted by molar-refractivity contribution is 9.11. The quantitative estimate of drug-likeness (QED) is 0.674. The van der Waals surface area contributed by atoms with E-state index in [-0.39, 0.29) is 0 Å². The maximum atomic E-state index is 3.51. The lowest BCUT2D eigenvalue weighted by atomic mass is 10.3. The molecule has 0 fully saturated rings. The van der Waals surface area contributed by atoms with Gasteiger partial charge in [0, 0.05) is 19.1 Å². The largest absolute Gasteiger partial charge is 0.355 e. The van der Waals surface area contributed by atoms with Gasteiger partial charge in [-0.1, -0.05) is 37.9 Å². The number of halogens is 3. The Balaban J connectivity index is 2.30. The monoisotopic (exact) mass is 403 g/mol. The molecule has 4 heteroatoms. The molecule has 0 bridgehead atoms. The Bertz CT molecular complexity index is 511. The van der Waals surface area contributed by atoms with E-state index in [4.69, 9.17) is 0 Å². The fourth-order valence-electron chi connectivity index (χ4n) is 1.32. The van der Waals surface area contributed by atoms with Crippen LogP contribution in [-0.2, 0) is 0 Å². The van der Waals surface area contributed by atoms with Gasteiger partial charge in [0.25, 0.3) is 0 Å². The highest BCUT2D eigenvalue weighted by atomic mass is 79.9. The van der Waals surface area contributed by atoms with Crippen molar-refractivity contribution in [2.24, 2.45) is 0 Å². The van der Waals surface area contributed by atoms with Crippen LogP contribution >= 0.6 is 47.8 Å². The minimum atomic E-state index is 1.03. The van der Waals surface area contributed by atoms with Crippen LogP contribution in [0.1, 0.15) is 0 Å². The van der Waals surface area contributed by atoms with E-state index < -0.39 is 0 Å². The first kappa shape index (κ1) is 12.1. The van der Waals surface area contributed by atoms with E-state index in [0.717, 1.165) is 24.8 Å². The molecule has 0 aliphatic heterocycles. The molecule has 0 heterocycles. The molecule has 0 unspecified atom stereocenters. The van der Waals surface area contributed by atoms with Crippen LogP contribution in [0.25, 0.3) is 0 Å². The molecule has 0 saturated heterocycles. The summed E-state index contributed by atoms with van der Waals surface area (Å²) in [5.41, 5.74) is 2.08. The Kier molecular flexibility index (Phi) is 4.05. The van der Waals surface area contributed by atoms with E-state index in [1.165, 1.54) is 0 Å². The van der Waals surface area contributed by atoms with Crippen molar-refractivity contribution in [2.75, 3.05) is 5.32 Å². The summed E-state index contributed by atoms with van der Waals surface area (Å²) >= 11 is 10.4. The van der Waals surface area contributed by atoms with Gasteiger partial charge in [0.05, 0.1) is 5.69 Å². The summed E-state index contributed by atoms with van der Waals surface area (Å²) in [4.78, 5) is 0. The minimum Gasteiger partial charge on any atom is -0.355 e. The van der Waals surface area contributed by atoms with Gasteiger partial charge < -0.3 is 5.32 Å². The van der Waals surface area contributed by atoms with Crippen LogP contribution in [0.3, 0.4) is 0 Å². The summed E-state index contributed by atoms with van der Waals surface area (Å²) in [6, 6.07) is 14.1. The maximum absolute atomic E-state index is 3.51. The standard InChI is InChI=1S/C12H8Br3N/c13-8-2-1-3-10(6-8)16-12-7-9(14)4-5-11(12)15/h1-7,16H. The average Bonchev–Trinajstić information content (AvgIpc) is 2.24. The second-order valence-corrected chi connectivity index (χ2v) is 5.95. The zero-order chi connectivity index (χ0) is 11.5. The Morgan fingerprint density at radius 3 is 2.31 bits per heavy atom. The molecule has 2 aromatic carbocycles. The molecular formula is C12H8Br3N. The second-order valence-electron chi connectivity index (χ2n) is 3.26. The van der Waals surface area contributed by atoms with Gasteiger partial charge in [0.15, 0.2) is 0 Å². The topological polar surface area (TPSA) is 12.0 Å². The highest BCUT2D eigenvalue weighted by Crippen LogP contribution is 2.29. The fraction of sp³-hybridized carbons (Fsp3) is 0. The van der Waals surface area contributed by atoms with Crippen molar-refractivity contribution in [3.8, 4) is 0 Å². The molecule has 1 N–H and O–H groups in total. The third-order valence-corrected chi connectivity index (χ3v) is 3.71. The van der Waals surface area contributed by atoms with Crippen LogP contribution in [0.2, 0.25) is 0 Å². The van der Waals surface area contributed by atoms with Crippen LogP contribution in [-0.4, -0.2) is 0 Å². The van der Waals surface area contributed by atoms with Gasteiger partial charge in [-0.15, -0.1) is 0 Å². The number of rotatable bonds is 2. The summed E-state index contributed by atoms with van der Waals surface area (Å²) in [5.74, 6) is 0. The summed E-state index contributed by atoms with van der Waals surface area (Å²) in [5, 5.41) is 3.35. The molecule has 1 nitrogen and oxygen atoms in total. The Morgan fingerprint density at radius 1 is 0.812 bits per heavy atom. The molecule has 2 rings (SSSR count). The van der Waals surface area contributed by atoms with E-state index in [9.17, 15) is 0 Å². The molecule has 0 amide bonds. The summed E-state index contributed by atoms with van der Waals surface area (Å²) in [6.07, 6.45) is 0. The number of hydrogen-bond donors (Lipinski definition) is 1. The first-order valence-corrected chi connectivity index (χ1v) is 7.01. The predicted molar refractivity (Wildman–Crippen MR) is 79.3 cm³/mol. The molecule has 16 heavy (non-hydrogen) atoms. The predicted octanol–water partition coefficient (Wildman–Crippen LogP) is 5.72. The molecule has 0 radical (unpaired) electrons. The number of nitrogens with one attached hydrogen (secondary N) is 1. The van der Waals surface area contributed by atoms with Crippen molar-refractivity contribution in [3.05, 3.63) is 55.9 Å². The van der Waals surface area contributed by atoms with E-state index >= 15 is 0 Å². The fourth-order valence-corrected chi connectivity index (χ4v) is 2.42. The third-order valence-electron chi connectivity index (χ3n) is 2.03. The van der Waals surface area contributed by atoms with Crippen LogP contribution in [0.4, 0.5) is 11.4 Å². The van der Waals surface area contributed by atoms with Crippen molar-refractivity contribution in [2.45, 2.75) is 0 Å². The van der Waals surface area contributed by atoms with Crippen molar-refractivity contribution >= 4 is 59.2 Å². The number of benzene rings is 2. The Labute approximate surface area is 120 Å². The lowest BCUT2D eigenvalue weighted by Crippen LogP contribution is -1.91. The SMILES string of the molecule is Brc1cccc(Nc2cc(Br)ccc2Br)c1. The second kappa shape index (κ2) is 5.34. The Morgan fingerprint density at radius 2 is 1.56 bits per heavy atom. The molecule has 0 aliphatic rings. The van der Waals surface area contributed by atoms with E-state index in [1.807, 2.05) is 42.5 Å². The van der Waals surface area contributed by atoms with Crippen LogP contribution in [0.5, 0.6) is 0 Å². The number of anilines is 2. The maximum Gasteiger partial charge on any atom is 0.0539 e.